The Morgan fingerprint density at radius 3 is 2.88 bits per heavy atom. The van der Waals surface area contributed by atoms with Crippen LogP contribution in [0.1, 0.15) is 32.1 Å². The van der Waals surface area contributed by atoms with E-state index in [9.17, 15) is 4.79 Å². The molecule has 0 spiro atoms. The molecule has 0 saturated carbocycles. The molecule has 3 nitrogen and oxygen atoms in total. The van der Waals surface area contributed by atoms with Gasteiger partial charge < -0.3 is 10.1 Å². The number of methoxy groups -OCH3 is 1. The van der Waals surface area contributed by atoms with Gasteiger partial charge in [-0.25, -0.2) is 0 Å². The summed E-state index contributed by atoms with van der Waals surface area (Å²) in [5.74, 6) is 1.94. The third-order valence-electron chi connectivity index (χ3n) is 2.70. The molecular weight excluding hydrogens is 246 g/mol. The van der Waals surface area contributed by atoms with Gasteiger partial charge in [0.15, 0.2) is 0 Å². The molecule has 96 valence electrons. The number of esters is 1. The molecule has 1 atom stereocenters. The van der Waals surface area contributed by atoms with Crippen LogP contribution in [0.25, 0.3) is 0 Å². The first-order chi connectivity index (χ1) is 7.33. The first kappa shape index (κ1) is 16.1. The molecule has 1 rings (SSSR count). The zero-order chi connectivity index (χ0) is 10.9. The lowest BCUT2D eigenvalue weighted by Gasteiger charge is -2.23. The van der Waals surface area contributed by atoms with Crippen LogP contribution in [0.2, 0.25) is 0 Å². The number of hydrogen-bond acceptors (Lipinski definition) is 4. The maximum absolute atomic E-state index is 10.8. The van der Waals surface area contributed by atoms with E-state index in [0.717, 1.165) is 11.5 Å². The van der Waals surface area contributed by atoms with Gasteiger partial charge in [0.25, 0.3) is 0 Å². The summed E-state index contributed by atoms with van der Waals surface area (Å²) in [6.07, 6.45) is 5.78. The van der Waals surface area contributed by atoms with Gasteiger partial charge in [0.1, 0.15) is 0 Å². The zero-order valence-corrected chi connectivity index (χ0v) is 11.5. The fourth-order valence-corrected chi connectivity index (χ4v) is 2.72. The average Bonchev–Trinajstić information content (AvgIpc) is 2.29. The van der Waals surface area contributed by atoms with E-state index in [1.165, 1.54) is 39.3 Å². The monoisotopic (exact) mass is 267 g/mol. The van der Waals surface area contributed by atoms with Crippen molar-refractivity contribution in [2.75, 3.05) is 25.2 Å². The van der Waals surface area contributed by atoms with Crippen LogP contribution >= 0.6 is 24.2 Å². The van der Waals surface area contributed by atoms with Crippen molar-refractivity contribution in [3.05, 3.63) is 0 Å². The quantitative estimate of drug-likeness (QED) is 0.592. The summed E-state index contributed by atoms with van der Waals surface area (Å²) in [7, 11) is 1.44. The highest BCUT2D eigenvalue weighted by atomic mass is 35.5. The van der Waals surface area contributed by atoms with Crippen molar-refractivity contribution in [3.8, 4) is 0 Å². The molecule has 1 heterocycles. The molecule has 1 fully saturated rings. The number of carbonyl (C=O) groups is 1. The van der Waals surface area contributed by atoms with E-state index in [1.807, 2.05) is 11.8 Å². The second-order valence-electron chi connectivity index (χ2n) is 3.87. The topological polar surface area (TPSA) is 38.3 Å². The molecule has 0 bridgehead atoms. The SMILES string of the molecule is COC(=O)CCSCCC1CCCCN1.Cl. The molecule has 1 aliphatic heterocycles. The first-order valence-corrected chi connectivity index (χ1v) is 6.86. The van der Waals surface area contributed by atoms with Crippen molar-refractivity contribution in [2.45, 2.75) is 38.1 Å². The van der Waals surface area contributed by atoms with Gasteiger partial charge in [-0.3, -0.25) is 4.79 Å². The Kier molecular flexibility index (Phi) is 10.3. The maximum atomic E-state index is 10.8. The molecule has 16 heavy (non-hydrogen) atoms. The van der Waals surface area contributed by atoms with Crippen LogP contribution in [0.15, 0.2) is 0 Å². The van der Waals surface area contributed by atoms with Gasteiger partial charge in [0, 0.05) is 11.8 Å². The van der Waals surface area contributed by atoms with Crippen LogP contribution in [0, 0.1) is 0 Å². The molecule has 5 heteroatoms. The van der Waals surface area contributed by atoms with E-state index in [-0.39, 0.29) is 18.4 Å². The zero-order valence-electron chi connectivity index (χ0n) is 9.87. The molecule has 0 aliphatic carbocycles. The summed E-state index contributed by atoms with van der Waals surface area (Å²) in [4.78, 5) is 10.8. The summed E-state index contributed by atoms with van der Waals surface area (Å²) >= 11 is 1.85. The molecular formula is C11H22ClNO2S. The molecule has 1 unspecified atom stereocenters. The van der Waals surface area contributed by atoms with Crippen molar-refractivity contribution >= 4 is 30.1 Å². The third kappa shape index (κ3) is 7.36. The van der Waals surface area contributed by atoms with Gasteiger partial charge in [0.05, 0.1) is 13.5 Å². The number of thioether (sulfide) groups is 1. The molecule has 0 radical (unpaired) electrons. The smallest absolute Gasteiger partial charge is 0.306 e. The molecule has 0 aromatic carbocycles. The van der Waals surface area contributed by atoms with Gasteiger partial charge in [-0.05, 0) is 31.6 Å². The highest BCUT2D eigenvalue weighted by molar-refractivity contribution is 7.99. The van der Waals surface area contributed by atoms with Crippen molar-refractivity contribution in [2.24, 2.45) is 0 Å². The predicted octanol–water partition coefficient (Wildman–Crippen LogP) is 2.24. The molecule has 1 aliphatic rings. The second-order valence-corrected chi connectivity index (χ2v) is 5.10. The lowest BCUT2D eigenvalue weighted by Crippen LogP contribution is -2.34. The fourth-order valence-electron chi connectivity index (χ4n) is 1.76. The van der Waals surface area contributed by atoms with Crippen LogP contribution in [0.3, 0.4) is 0 Å². The average molecular weight is 268 g/mol. The number of nitrogens with one attached hydrogen (secondary N) is 1. The van der Waals surface area contributed by atoms with E-state index in [0.29, 0.717) is 12.5 Å². The number of halogens is 1. The van der Waals surface area contributed by atoms with Crippen molar-refractivity contribution in [1.82, 2.24) is 5.32 Å². The minimum atomic E-state index is -0.0988. The summed E-state index contributed by atoms with van der Waals surface area (Å²) in [6, 6.07) is 0.712. The number of rotatable bonds is 6. The summed E-state index contributed by atoms with van der Waals surface area (Å²) < 4.78 is 4.58. The minimum absolute atomic E-state index is 0. The van der Waals surface area contributed by atoms with Gasteiger partial charge >= 0.3 is 5.97 Å². The van der Waals surface area contributed by atoms with Crippen LogP contribution in [-0.2, 0) is 9.53 Å². The van der Waals surface area contributed by atoms with Gasteiger partial charge in [-0.15, -0.1) is 12.4 Å². The van der Waals surface area contributed by atoms with Gasteiger partial charge in [-0.2, -0.15) is 11.8 Å². The number of ether oxygens (including phenoxy) is 1. The number of carbonyl (C=O) groups excluding carboxylic acids is 1. The third-order valence-corrected chi connectivity index (χ3v) is 3.72. The Labute approximate surface area is 108 Å². The van der Waals surface area contributed by atoms with E-state index >= 15 is 0 Å². The second kappa shape index (κ2) is 10.2. The van der Waals surface area contributed by atoms with Crippen molar-refractivity contribution in [1.29, 1.82) is 0 Å². The Morgan fingerprint density at radius 2 is 2.25 bits per heavy atom. The number of hydrogen-bond donors (Lipinski definition) is 1. The summed E-state index contributed by atoms with van der Waals surface area (Å²) in [5.41, 5.74) is 0. The Morgan fingerprint density at radius 1 is 1.44 bits per heavy atom. The predicted molar refractivity (Wildman–Crippen MR) is 71.5 cm³/mol. The van der Waals surface area contributed by atoms with Crippen molar-refractivity contribution in [3.63, 3.8) is 0 Å². The maximum Gasteiger partial charge on any atom is 0.306 e. The summed E-state index contributed by atoms with van der Waals surface area (Å²) in [5, 5.41) is 3.52. The molecule has 0 aromatic heterocycles. The lowest BCUT2D eigenvalue weighted by molar-refractivity contribution is -0.140. The Bertz CT molecular complexity index is 187. The molecule has 1 N–H and O–H groups in total. The molecule has 1 saturated heterocycles. The summed E-state index contributed by atoms with van der Waals surface area (Å²) in [6.45, 7) is 1.18. The molecule has 0 amide bonds. The lowest BCUT2D eigenvalue weighted by atomic mass is 10.0. The highest BCUT2D eigenvalue weighted by Gasteiger charge is 2.11. The van der Waals surface area contributed by atoms with Crippen molar-refractivity contribution < 1.29 is 9.53 Å². The Hall–Kier alpha value is 0.0700. The van der Waals surface area contributed by atoms with E-state index in [1.54, 1.807) is 0 Å². The fraction of sp³-hybridized carbons (Fsp3) is 0.909. The number of piperidine rings is 1. The van der Waals surface area contributed by atoms with Crippen LogP contribution in [-0.4, -0.2) is 37.2 Å². The van der Waals surface area contributed by atoms with Crippen LogP contribution in [0.5, 0.6) is 0 Å². The normalized spacial score (nSPS) is 19.9. The molecule has 0 aromatic rings. The first-order valence-electron chi connectivity index (χ1n) is 5.71. The van der Waals surface area contributed by atoms with E-state index in [2.05, 4.69) is 10.1 Å². The van der Waals surface area contributed by atoms with Crippen LogP contribution in [0.4, 0.5) is 0 Å². The highest BCUT2D eigenvalue weighted by Crippen LogP contribution is 2.13. The Balaban J connectivity index is 0.00000225. The van der Waals surface area contributed by atoms with Gasteiger partial charge in [-0.1, -0.05) is 6.42 Å². The standard InChI is InChI=1S/C11H21NO2S.ClH/c1-14-11(13)6-9-15-8-5-10-4-2-3-7-12-10;/h10,12H,2-9H2,1H3;1H. The minimum Gasteiger partial charge on any atom is -0.469 e. The van der Waals surface area contributed by atoms with Gasteiger partial charge in [0.2, 0.25) is 0 Å². The van der Waals surface area contributed by atoms with E-state index in [4.69, 9.17) is 0 Å². The van der Waals surface area contributed by atoms with E-state index < -0.39 is 0 Å². The van der Waals surface area contributed by atoms with Crippen LogP contribution < -0.4 is 5.32 Å². The largest absolute Gasteiger partial charge is 0.469 e.